The van der Waals surface area contributed by atoms with E-state index in [4.69, 9.17) is 4.98 Å². The summed E-state index contributed by atoms with van der Waals surface area (Å²) in [5.74, 6) is -0.316. The van der Waals surface area contributed by atoms with Crippen LogP contribution in [0.4, 0.5) is 5.13 Å². The molecule has 4 aromatic rings. The summed E-state index contributed by atoms with van der Waals surface area (Å²) in [6.45, 7) is 3.52. The molecule has 0 N–H and O–H groups in total. The molecule has 0 radical (unpaired) electrons. The molecule has 33 heavy (non-hydrogen) atoms. The predicted octanol–water partition coefficient (Wildman–Crippen LogP) is 5.44. The van der Waals surface area contributed by atoms with Gasteiger partial charge in [0.05, 0.1) is 26.9 Å². The van der Waals surface area contributed by atoms with Crippen LogP contribution in [0.3, 0.4) is 0 Å². The third-order valence-electron chi connectivity index (χ3n) is 5.15. The van der Waals surface area contributed by atoms with Gasteiger partial charge in [-0.3, -0.25) is 14.7 Å². The monoisotopic (exact) mass is 497 g/mol. The number of fused-ring (bicyclic) bond motifs is 1. The molecule has 0 aliphatic carbocycles. The number of sulfone groups is 1. The van der Waals surface area contributed by atoms with Crippen LogP contribution in [0.1, 0.15) is 29.8 Å². The number of hydrogen-bond donors (Lipinski definition) is 0. The molecule has 0 aliphatic heterocycles. The van der Waals surface area contributed by atoms with Crippen molar-refractivity contribution < 1.29 is 13.2 Å². The Hall–Kier alpha value is -2.75. The number of hydrogen-bond acceptors (Lipinski definition) is 7. The van der Waals surface area contributed by atoms with Gasteiger partial charge in [-0.1, -0.05) is 23.5 Å². The van der Waals surface area contributed by atoms with Crippen molar-refractivity contribution in [2.45, 2.75) is 35.4 Å². The number of carbonyl (C=O) groups is 1. The number of nitrogens with zero attached hydrogens (tertiary/aromatic N) is 3. The Labute approximate surface area is 201 Å². The van der Waals surface area contributed by atoms with Crippen molar-refractivity contribution in [3.63, 3.8) is 0 Å². The molecule has 1 amide bonds. The maximum absolute atomic E-state index is 13.7. The Morgan fingerprint density at radius 3 is 2.64 bits per heavy atom. The molecule has 0 spiro atoms. The predicted molar refractivity (Wildman–Crippen MR) is 135 cm³/mol. The summed E-state index contributed by atoms with van der Waals surface area (Å²) in [5.41, 5.74) is 1.96. The first-order valence-electron chi connectivity index (χ1n) is 10.3. The zero-order valence-electron chi connectivity index (χ0n) is 18.4. The molecular formula is C24H23N3O3S3. The van der Waals surface area contributed by atoms with Crippen LogP contribution in [0.2, 0.25) is 0 Å². The van der Waals surface area contributed by atoms with Gasteiger partial charge < -0.3 is 0 Å². The molecule has 0 fully saturated rings. The fourth-order valence-corrected chi connectivity index (χ4v) is 5.89. The first-order valence-corrected chi connectivity index (χ1v) is 13.9. The van der Waals surface area contributed by atoms with Crippen molar-refractivity contribution in [2.24, 2.45) is 0 Å². The maximum atomic E-state index is 13.7. The van der Waals surface area contributed by atoms with Crippen LogP contribution < -0.4 is 4.90 Å². The minimum Gasteiger partial charge on any atom is -0.279 e. The fraction of sp³-hybridized carbons (Fsp3) is 0.208. The highest BCUT2D eigenvalue weighted by molar-refractivity contribution is 7.98. The molecule has 0 unspecified atom stereocenters. The van der Waals surface area contributed by atoms with Gasteiger partial charge in [0.2, 0.25) is 0 Å². The number of thiazole rings is 1. The molecule has 2 aromatic heterocycles. The van der Waals surface area contributed by atoms with E-state index in [1.165, 1.54) is 23.5 Å². The summed E-state index contributed by atoms with van der Waals surface area (Å²) < 4.78 is 26.3. The average Bonchev–Trinajstić information content (AvgIpc) is 3.25. The lowest BCUT2D eigenvalue weighted by molar-refractivity contribution is 0.0985. The first-order chi connectivity index (χ1) is 15.8. The molecule has 6 nitrogen and oxygen atoms in total. The van der Waals surface area contributed by atoms with Crippen LogP contribution in [-0.4, -0.2) is 35.8 Å². The highest BCUT2D eigenvalue weighted by atomic mass is 32.2. The second-order valence-electron chi connectivity index (χ2n) is 7.70. The molecule has 0 saturated heterocycles. The van der Waals surface area contributed by atoms with Crippen molar-refractivity contribution in [3.05, 3.63) is 78.1 Å². The van der Waals surface area contributed by atoms with Crippen molar-refractivity contribution in [2.75, 3.05) is 11.2 Å². The number of aromatic nitrogens is 2. The van der Waals surface area contributed by atoms with E-state index < -0.39 is 15.1 Å². The minimum atomic E-state index is -3.51. The molecule has 4 rings (SSSR count). The quantitative estimate of drug-likeness (QED) is 0.316. The Bertz CT molecular complexity index is 1400. The largest absolute Gasteiger partial charge is 0.279 e. The fourth-order valence-electron chi connectivity index (χ4n) is 3.27. The van der Waals surface area contributed by atoms with E-state index in [0.29, 0.717) is 10.7 Å². The molecule has 0 saturated carbocycles. The van der Waals surface area contributed by atoms with Gasteiger partial charge in [0.15, 0.2) is 15.0 Å². The summed E-state index contributed by atoms with van der Waals surface area (Å²) in [6.07, 6.45) is 5.40. The van der Waals surface area contributed by atoms with Gasteiger partial charge in [0.25, 0.3) is 5.91 Å². The zero-order chi connectivity index (χ0) is 23.6. The molecular weight excluding hydrogens is 474 g/mol. The zero-order valence-corrected chi connectivity index (χ0v) is 20.9. The van der Waals surface area contributed by atoms with E-state index in [2.05, 4.69) is 11.1 Å². The van der Waals surface area contributed by atoms with E-state index in [1.54, 1.807) is 55.0 Å². The van der Waals surface area contributed by atoms with Crippen molar-refractivity contribution >= 4 is 54.2 Å². The van der Waals surface area contributed by atoms with Gasteiger partial charge in [-0.05, 0) is 68.1 Å². The summed E-state index contributed by atoms with van der Waals surface area (Å²) in [7, 11) is -3.51. The van der Waals surface area contributed by atoms with E-state index in [1.807, 2.05) is 30.5 Å². The number of carbonyl (C=O) groups excluding carboxylic acids is 1. The van der Waals surface area contributed by atoms with Crippen LogP contribution >= 0.6 is 23.1 Å². The Morgan fingerprint density at radius 2 is 1.94 bits per heavy atom. The maximum Gasteiger partial charge on any atom is 0.260 e. The molecule has 170 valence electrons. The molecule has 0 bridgehead atoms. The number of anilines is 1. The van der Waals surface area contributed by atoms with Gasteiger partial charge in [0.1, 0.15) is 0 Å². The van der Waals surface area contributed by atoms with E-state index in [0.717, 1.165) is 20.7 Å². The standard InChI is InChI=1S/C24H23N3O3S3/c1-16(2)33(29,30)20-8-4-7-18(12-20)23(28)27(15-17-6-5-11-25-14-17)24-26-21-10-9-19(31-3)13-22(21)32-24/h4-14,16H,15H2,1-3H3. The lowest BCUT2D eigenvalue weighted by Crippen LogP contribution is -2.30. The van der Waals surface area contributed by atoms with Crippen LogP contribution in [0.15, 0.2) is 76.8 Å². The number of rotatable bonds is 7. The Morgan fingerprint density at radius 1 is 1.12 bits per heavy atom. The third kappa shape index (κ3) is 4.95. The minimum absolute atomic E-state index is 0.138. The number of thioether (sulfide) groups is 1. The summed E-state index contributed by atoms with van der Waals surface area (Å²) in [6, 6.07) is 15.9. The van der Waals surface area contributed by atoms with Gasteiger partial charge in [0, 0.05) is 22.9 Å². The van der Waals surface area contributed by atoms with Crippen LogP contribution in [0, 0.1) is 0 Å². The van der Waals surface area contributed by atoms with Gasteiger partial charge >= 0.3 is 0 Å². The van der Waals surface area contributed by atoms with E-state index in [-0.39, 0.29) is 17.3 Å². The lowest BCUT2D eigenvalue weighted by Gasteiger charge is -2.20. The van der Waals surface area contributed by atoms with Crippen molar-refractivity contribution in [1.29, 1.82) is 0 Å². The highest BCUT2D eigenvalue weighted by Gasteiger charge is 2.25. The molecule has 0 aliphatic rings. The lowest BCUT2D eigenvalue weighted by atomic mass is 10.2. The van der Waals surface area contributed by atoms with Crippen LogP contribution in [0.5, 0.6) is 0 Å². The average molecular weight is 498 g/mol. The van der Waals surface area contributed by atoms with Crippen LogP contribution in [-0.2, 0) is 16.4 Å². The molecule has 9 heteroatoms. The SMILES string of the molecule is CSc1ccc2nc(N(Cc3cccnc3)C(=O)c3cccc(S(=O)(=O)C(C)C)c3)sc2c1. The normalized spacial score (nSPS) is 11.8. The summed E-state index contributed by atoms with van der Waals surface area (Å²) in [4.78, 5) is 25.4. The molecule has 2 heterocycles. The Kier molecular flexibility index (Phi) is 6.83. The third-order valence-corrected chi connectivity index (χ3v) is 9.07. The van der Waals surface area contributed by atoms with E-state index in [9.17, 15) is 13.2 Å². The second-order valence-corrected chi connectivity index (χ2v) is 12.1. The first kappa shape index (κ1) is 23.4. The highest BCUT2D eigenvalue weighted by Crippen LogP contribution is 2.33. The van der Waals surface area contributed by atoms with Gasteiger partial charge in [-0.2, -0.15) is 0 Å². The van der Waals surface area contributed by atoms with Crippen LogP contribution in [0.25, 0.3) is 10.2 Å². The van der Waals surface area contributed by atoms with Crippen molar-refractivity contribution in [3.8, 4) is 0 Å². The molecule has 2 aromatic carbocycles. The number of benzene rings is 2. The summed E-state index contributed by atoms with van der Waals surface area (Å²) >= 11 is 3.08. The topological polar surface area (TPSA) is 80.2 Å². The second kappa shape index (κ2) is 9.62. The van der Waals surface area contributed by atoms with Crippen molar-refractivity contribution in [1.82, 2.24) is 9.97 Å². The summed E-state index contributed by atoms with van der Waals surface area (Å²) in [5, 5.41) is -0.0292. The number of amides is 1. The number of pyridine rings is 1. The van der Waals surface area contributed by atoms with E-state index >= 15 is 0 Å². The van der Waals surface area contributed by atoms with Gasteiger partial charge in [-0.15, -0.1) is 11.8 Å². The van der Waals surface area contributed by atoms with Gasteiger partial charge in [-0.25, -0.2) is 13.4 Å². The molecule has 0 atom stereocenters. The smallest absolute Gasteiger partial charge is 0.260 e. The Balaban J connectivity index is 1.78.